The van der Waals surface area contributed by atoms with Gasteiger partial charge in [0, 0.05) is 22.3 Å². The number of rotatable bonds is 4. The summed E-state index contributed by atoms with van der Waals surface area (Å²) in [5.74, 6) is 1.07. The number of fused-ring (bicyclic) bond motifs is 1. The predicted molar refractivity (Wildman–Crippen MR) is 119 cm³/mol. The van der Waals surface area contributed by atoms with E-state index in [-0.39, 0.29) is 5.91 Å². The molecule has 3 aromatic rings. The molecule has 29 heavy (non-hydrogen) atoms. The predicted octanol–water partition coefficient (Wildman–Crippen LogP) is 4.08. The van der Waals surface area contributed by atoms with Gasteiger partial charge in [0.2, 0.25) is 5.91 Å². The van der Waals surface area contributed by atoms with E-state index in [0.717, 1.165) is 21.2 Å². The quantitative estimate of drug-likeness (QED) is 0.486. The molecule has 0 aliphatic carbocycles. The van der Waals surface area contributed by atoms with Gasteiger partial charge >= 0.3 is 0 Å². The summed E-state index contributed by atoms with van der Waals surface area (Å²) in [6, 6.07) is 20.6. The van der Waals surface area contributed by atoms with Crippen LogP contribution in [-0.2, 0) is 4.79 Å². The highest BCUT2D eigenvalue weighted by molar-refractivity contribution is 9.10. The Morgan fingerprint density at radius 1 is 0.897 bits per heavy atom. The smallest absolute Gasteiger partial charge is 0.249 e. The van der Waals surface area contributed by atoms with E-state index < -0.39 is 0 Å². The van der Waals surface area contributed by atoms with E-state index in [4.69, 9.17) is 17.3 Å². The van der Waals surface area contributed by atoms with E-state index in [1.165, 1.54) is 0 Å². The first-order chi connectivity index (χ1) is 14.1. The van der Waals surface area contributed by atoms with E-state index in [0.29, 0.717) is 35.9 Å². The van der Waals surface area contributed by atoms with Crippen LogP contribution < -0.4 is 20.3 Å². The van der Waals surface area contributed by atoms with E-state index in [1.54, 1.807) is 24.3 Å². The van der Waals surface area contributed by atoms with Crippen molar-refractivity contribution in [3.8, 4) is 11.5 Å². The zero-order chi connectivity index (χ0) is 20.2. The van der Waals surface area contributed by atoms with Gasteiger partial charge < -0.3 is 14.8 Å². The fourth-order valence-electron chi connectivity index (χ4n) is 3.06. The summed E-state index contributed by atoms with van der Waals surface area (Å²) in [5, 5.41) is 2.90. The van der Waals surface area contributed by atoms with Gasteiger partial charge in [0.15, 0.2) is 11.5 Å². The summed E-state index contributed by atoms with van der Waals surface area (Å²) in [7, 11) is 5.82. The van der Waals surface area contributed by atoms with Crippen molar-refractivity contribution in [3.63, 3.8) is 0 Å². The van der Waals surface area contributed by atoms with Gasteiger partial charge in [-0.25, -0.2) is 0 Å². The summed E-state index contributed by atoms with van der Waals surface area (Å²) >= 11 is 3.45. The van der Waals surface area contributed by atoms with Crippen molar-refractivity contribution in [2.75, 3.05) is 18.5 Å². The third kappa shape index (κ3) is 4.71. The highest BCUT2D eigenvalue weighted by atomic mass is 79.9. The van der Waals surface area contributed by atoms with Gasteiger partial charge in [-0.15, -0.1) is 0 Å². The SMILES string of the molecule is [B]c1ccc(/C(=C\C(=O)Nc2ccc3c(c2)OCCO3)c2ccc(Br)cc2)cc1. The molecule has 4 nitrogen and oxygen atoms in total. The third-order valence-corrected chi connectivity index (χ3v) is 4.99. The third-order valence-electron chi connectivity index (χ3n) is 4.46. The first-order valence-corrected chi connectivity index (χ1v) is 9.92. The second-order valence-corrected chi connectivity index (χ2v) is 7.45. The number of anilines is 1. The lowest BCUT2D eigenvalue weighted by Crippen LogP contribution is -2.16. The largest absolute Gasteiger partial charge is 0.486 e. The average Bonchev–Trinajstić information content (AvgIpc) is 2.73. The fraction of sp³-hybridized carbons (Fsp3) is 0.0870. The molecule has 2 radical (unpaired) electrons. The lowest BCUT2D eigenvalue weighted by molar-refractivity contribution is -0.111. The molecule has 0 saturated heterocycles. The molecule has 0 aromatic heterocycles. The highest BCUT2D eigenvalue weighted by Crippen LogP contribution is 2.32. The number of benzene rings is 3. The van der Waals surface area contributed by atoms with Gasteiger partial charge in [-0.05, 0) is 41.0 Å². The Balaban J connectivity index is 1.63. The van der Waals surface area contributed by atoms with Gasteiger partial charge in [0.05, 0.1) is 0 Å². The number of hydrogen-bond acceptors (Lipinski definition) is 3. The van der Waals surface area contributed by atoms with E-state index in [1.807, 2.05) is 48.5 Å². The molecule has 0 bridgehead atoms. The first-order valence-electron chi connectivity index (χ1n) is 9.13. The van der Waals surface area contributed by atoms with Crippen molar-refractivity contribution < 1.29 is 14.3 Å². The standard InChI is InChI=1S/C23H17BBrNO3/c24-17-5-1-15(2-6-17)20(16-3-7-18(25)8-4-16)14-23(27)26-19-9-10-21-22(13-19)29-12-11-28-21/h1-10,13-14H,11-12H2,(H,26,27)/b20-14+. The summed E-state index contributed by atoms with van der Waals surface area (Å²) in [5.41, 5.74) is 3.94. The van der Waals surface area contributed by atoms with Gasteiger partial charge in [-0.1, -0.05) is 57.8 Å². The minimum atomic E-state index is -0.239. The molecule has 6 heteroatoms. The molecule has 0 spiro atoms. The van der Waals surface area contributed by atoms with Gasteiger partial charge in [0.25, 0.3) is 0 Å². The van der Waals surface area contributed by atoms with Crippen LogP contribution in [0.15, 0.2) is 77.3 Å². The van der Waals surface area contributed by atoms with Crippen LogP contribution in [0.5, 0.6) is 11.5 Å². The molecule has 0 fully saturated rings. The molecule has 1 N–H and O–H groups in total. The van der Waals surface area contributed by atoms with E-state index in [2.05, 4.69) is 21.2 Å². The normalized spacial score (nSPS) is 13.1. The number of hydrogen-bond donors (Lipinski definition) is 1. The monoisotopic (exact) mass is 445 g/mol. The fourth-order valence-corrected chi connectivity index (χ4v) is 3.32. The summed E-state index contributed by atoms with van der Waals surface area (Å²) < 4.78 is 12.1. The van der Waals surface area contributed by atoms with Crippen molar-refractivity contribution >= 4 is 46.4 Å². The van der Waals surface area contributed by atoms with Crippen LogP contribution in [-0.4, -0.2) is 27.0 Å². The van der Waals surface area contributed by atoms with Crippen LogP contribution in [0, 0.1) is 0 Å². The van der Waals surface area contributed by atoms with Gasteiger partial charge in [-0.3, -0.25) is 4.79 Å². The number of nitrogens with one attached hydrogen (secondary N) is 1. The minimum absolute atomic E-state index is 0.239. The molecule has 1 heterocycles. The van der Waals surface area contributed by atoms with Crippen molar-refractivity contribution in [2.45, 2.75) is 0 Å². The van der Waals surface area contributed by atoms with Crippen molar-refractivity contribution in [1.29, 1.82) is 0 Å². The lowest BCUT2D eigenvalue weighted by Gasteiger charge is -2.18. The van der Waals surface area contributed by atoms with E-state index >= 15 is 0 Å². The second kappa shape index (κ2) is 8.58. The molecule has 1 aliphatic rings. The van der Waals surface area contributed by atoms with Crippen LogP contribution in [0.3, 0.4) is 0 Å². The molecule has 4 rings (SSSR count). The Bertz CT molecular complexity index is 1010. The zero-order valence-corrected chi connectivity index (χ0v) is 17.1. The molecular weight excluding hydrogens is 429 g/mol. The number of halogens is 1. The average molecular weight is 446 g/mol. The Labute approximate surface area is 179 Å². The van der Waals surface area contributed by atoms with Crippen molar-refractivity contribution in [2.24, 2.45) is 0 Å². The second-order valence-electron chi connectivity index (χ2n) is 6.53. The van der Waals surface area contributed by atoms with Crippen LogP contribution in [0.1, 0.15) is 11.1 Å². The number of amides is 1. The summed E-state index contributed by atoms with van der Waals surface area (Å²) in [6.45, 7) is 1.02. The Morgan fingerprint density at radius 3 is 2.21 bits per heavy atom. The van der Waals surface area contributed by atoms with Gasteiger partial charge in [0.1, 0.15) is 21.1 Å². The van der Waals surface area contributed by atoms with Crippen molar-refractivity contribution in [1.82, 2.24) is 0 Å². The Morgan fingerprint density at radius 2 is 1.52 bits per heavy atom. The number of ether oxygens (including phenoxy) is 2. The molecular formula is C23H17BBrNO3. The minimum Gasteiger partial charge on any atom is -0.486 e. The first kappa shape index (κ1) is 19.3. The molecule has 142 valence electrons. The maximum atomic E-state index is 12.8. The Hall–Kier alpha value is -2.99. The maximum Gasteiger partial charge on any atom is 0.249 e. The summed E-state index contributed by atoms with van der Waals surface area (Å²) in [6.07, 6.45) is 1.59. The molecule has 1 amide bonds. The molecule has 0 atom stereocenters. The topological polar surface area (TPSA) is 47.6 Å². The highest BCUT2D eigenvalue weighted by Gasteiger charge is 2.13. The lowest BCUT2D eigenvalue weighted by atomic mass is 9.91. The molecule has 1 aliphatic heterocycles. The summed E-state index contributed by atoms with van der Waals surface area (Å²) in [4.78, 5) is 12.8. The molecule has 3 aromatic carbocycles. The molecule has 0 saturated carbocycles. The van der Waals surface area contributed by atoms with E-state index in [9.17, 15) is 4.79 Å². The van der Waals surface area contributed by atoms with Crippen LogP contribution >= 0.6 is 15.9 Å². The van der Waals surface area contributed by atoms with Crippen LogP contribution in [0.2, 0.25) is 0 Å². The number of carbonyl (C=O) groups excluding carboxylic acids is 1. The van der Waals surface area contributed by atoms with Crippen LogP contribution in [0.25, 0.3) is 5.57 Å². The molecule has 0 unspecified atom stereocenters. The van der Waals surface area contributed by atoms with Crippen LogP contribution in [0.4, 0.5) is 5.69 Å². The maximum absolute atomic E-state index is 12.8. The number of carbonyl (C=O) groups is 1. The zero-order valence-electron chi connectivity index (χ0n) is 15.5. The van der Waals surface area contributed by atoms with Crippen molar-refractivity contribution in [3.05, 3.63) is 88.4 Å². The van der Waals surface area contributed by atoms with Gasteiger partial charge in [-0.2, -0.15) is 0 Å². The Kier molecular flexibility index (Phi) is 5.72.